The summed E-state index contributed by atoms with van der Waals surface area (Å²) in [4.78, 5) is 24.0. The summed E-state index contributed by atoms with van der Waals surface area (Å²) in [5.74, 6) is 0.212. The Morgan fingerprint density at radius 1 is 1.17 bits per heavy atom. The number of amides is 1. The van der Waals surface area contributed by atoms with E-state index in [0.29, 0.717) is 29.2 Å². The van der Waals surface area contributed by atoms with Gasteiger partial charge in [0, 0.05) is 15.7 Å². The van der Waals surface area contributed by atoms with E-state index in [-0.39, 0.29) is 11.7 Å². The molecule has 0 heterocycles. The number of ketones is 1. The monoisotopic (exact) mass is 375 g/mol. The van der Waals surface area contributed by atoms with Gasteiger partial charge in [0.05, 0.1) is 12.2 Å². The van der Waals surface area contributed by atoms with Crippen molar-refractivity contribution >= 4 is 33.3 Å². The number of hydrogen-bond acceptors (Lipinski definition) is 3. The fourth-order valence-electron chi connectivity index (χ4n) is 2.03. The van der Waals surface area contributed by atoms with Crippen molar-refractivity contribution in [1.29, 1.82) is 0 Å². The van der Waals surface area contributed by atoms with E-state index in [2.05, 4.69) is 21.2 Å². The van der Waals surface area contributed by atoms with Crippen molar-refractivity contribution in [3.05, 3.63) is 58.1 Å². The Morgan fingerprint density at radius 3 is 2.65 bits per heavy atom. The van der Waals surface area contributed by atoms with Gasteiger partial charge in [0.25, 0.3) is 5.91 Å². The predicted octanol–water partition coefficient (Wildman–Crippen LogP) is 4.69. The molecule has 0 aliphatic rings. The van der Waals surface area contributed by atoms with Crippen LogP contribution in [0.25, 0.3) is 0 Å². The number of hydrogen-bond donors (Lipinski definition) is 1. The van der Waals surface area contributed by atoms with Crippen LogP contribution >= 0.6 is 15.9 Å². The third-order valence-electron chi connectivity index (χ3n) is 3.17. The fourth-order valence-corrected chi connectivity index (χ4v) is 2.39. The quantitative estimate of drug-likeness (QED) is 0.744. The highest BCUT2D eigenvalue weighted by Crippen LogP contribution is 2.25. The highest BCUT2D eigenvalue weighted by Gasteiger charge is 2.14. The number of halogens is 1. The highest BCUT2D eigenvalue weighted by atomic mass is 79.9. The molecule has 0 spiro atoms. The minimum atomic E-state index is -0.280. The number of nitrogens with one attached hydrogen (secondary N) is 1. The van der Waals surface area contributed by atoms with E-state index in [9.17, 15) is 9.59 Å². The van der Waals surface area contributed by atoms with Gasteiger partial charge in [-0.05, 0) is 43.7 Å². The third-order valence-corrected chi connectivity index (χ3v) is 3.67. The van der Waals surface area contributed by atoms with Crippen LogP contribution in [0.1, 0.15) is 41.0 Å². The van der Waals surface area contributed by atoms with Crippen molar-refractivity contribution in [2.24, 2.45) is 0 Å². The second-order valence-electron chi connectivity index (χ2n) is 5.08. The summed E-state index contributed by atoms with van der Waals surface area (Å²) in [7, 11) is 0. The zero-order chi connectivity index (χ0) is 16.8. The van der Waals surface area contributed by atoms with E-state index in [1.54, 1.807) is 36.4 Å². The average Bonchev–Trinajstić information content (AvgIpc) is 2.53. The first-order chi connectivity index (χ1) is 11.0. The lowest BCUT2D eigenvalue weighted by molar-refractivity contribution is 0.100. The minimum Gasteiger partial charge on any atom is -0.493 e. The van der Waals surface area contributed by atoms with Crippen molar-refractivity contribution in [2.45, 2.75) is 20.3 Å². The number of anilines is 1. The standard InChI is InChI=1S/C18H18BrNO3/c1-3-9-23-17-8-7-14(19)11-16(17)18(22)20-15-6-4-5-13(10-15)12(2)21/h4-8,10-11H,3,9H2,1-2H3,(H,20,22). The molecule has 4 nitrogen and oxygen atoms in total. The van der Waals surface area contributed by atoms with Crippen molar-refractivity contribution < 1.29 is 14.3 Å². The van der Waals surface area contributed by atoms with E-state index in [1.165, 1.54) is 6.92 Å². The van der Waals surface area contributed by atoms with Crippen molar-refractivity contribution in [2.75, 3.05) is 11.9 Å². The van der Waals surface area contributed by atoms with E-state index in [4.69, 9.17) is 4.74 Å². The van der Waals surface area contributed by atoms with Crippen LogP contribution in [0.4, 0.5) is 5.69 Å². The molecule has 0 fully saturated rings. The van der Waals surface area contributed by atoms with Crippen LogP contribution in [0.5, 0.6) is 5.75 Å². The van der Waals surface area contributed by atoms with Gasteiger partial charge in [-0.15, -0.1) is 0 Å². The van der Waals surface area contributed by atoms with Crippen LogP contribution in [-0.4, -0.2) is 18.3 Å². The Balaban J connectivity index is 2.25. The highest BCUT2D eigenvalue weighted by molar-refractivity contribution is 9.10. The van der Waals surface area contributed by atoms with Crippen LogP contribution in [0.3, 0.4) is 0 Å². The Kier molecular flexibility index (Phi) is 5.93. The van der Waals surface area contributed by atoms with Crippen LogP contribution in [-0.2, 0) is 0 Å². The zero-order valence-corrected chi connectivity index (χ0v) is 14.6. The second kappa shape index (κ2) is 7.92. The Bertz CT molecular complexity index is 728. The fraction of sp³-hybridized carbons (Fsp3) is 0.222. The number of benzene rings is 2. The number of Topliss-reactive ketones (excluding diaryl/α,β-unsaturated/α-hetero) is 1. The van der Waals surface area contributed by atoms with Crippen LogP contribution in [0.2, 0.25) is 0 Å². The molecule has 1 amide bonds. The topological polar surface area (TPSA) is 55.4 Å². The third kappa shape index (κ3) is 4.66. The second-order valence-corrected chi connectivity index (χ2v) is 6.00. The molecule has 0 saturated heterocycles. The maximum Gasteiger partial charge on any atom is 0.259 e. The van der Waals surface area contributed by atoms with E-state index < -0.39 is 0 Å². The molecule has 0 bridgehead atoms. The smallest absolute Gasteiger partial charge is 0.259 e. The normalized spacial score (nSPS) is 10.2. The first kappa shape index (κ1) is 17.2. The predicted molar refractivity (Wildman–Crippen MR) is 94.3 cm³/mol. The molecular weight excluding hydrogens is 358 g/mol. The maximum absolute atomic E-state index is 12.5. The van der Waals surface area contributed by atoms with Crippen molar-refractivity contribution in [1.82, 2.24) is 0 Å². The lowest BCUT2D eigenvalue weighted by Gasteiger charge is -2.12. The molecule has 2 aromatic rings. The van der Waals surface area contributed by atoms with Gasteiger partial charge in [0.1, 0.15) is 5.75 Å². The molecule has 0 aromatic heterocycles. The Labute approximate surface area is 144 Å². The molecule has 5 heteroatoms. The summed E-state index contributed by atoms with van der Waals surface area (Å²) in [5, 5.41) is 2.81. The molecule has 2 aromatic carbocycles. The number of rotatable bonds is 6. The van der Waals surface area contributed by atoms with Crippen LogP contribution in [0, 0.1) is 0 Å². The number of ether oxygens (including phenoxy) is 1. The van der Waals surface area contributed by atoms with Gasteiger partial charge >= 0.3 is 0 Å². The van der Waals surface area contributed by atoms with Gasteiger partial charge in [-0.25, -0.2) is 0 Å². The summed E-state index contributed by atoms with van der Waals surface area (Å²) in [6.07, 6.45) is 0.859. The lowest BCUT2D eigenvalue weighted by atomic mass is 10.1. The molecule has 120 valence electrons. The van der Waals surface area contributed by atoms with Gasteiger partial charge < -0.3 is 10.1 Å². The van der Waals surface area contributed by atoms with Crippen molar-refractivity contribution in [3.8, 4) is 5.75 Å². The molecule has 0 aliphatic carbocycles. The van der Waals surface area contributed by atoms with E-state index in [0.717, 1.165) is 10.9 Å². The van der Waals surface area contributed by atoms with Gasteiger partial charge in [0.15, 0.2) is 5.78 Å². The average molecular weight is 376 g/mol. The molecule has 23 heavy (non-hydrogen) atoms. The molecule has 0 saturated carbocycles. The van der Waals surface area contributed by atoms with Gasteiger partial charge in [-0.1, -0.05) is 35.0 Å². The summed E-state index contributed by atoms with van der Waals surface area (Å²) >= 11 is 3.37. The summed E-state index contributed by atoms with van der Waals surface area (Å²) < 4.78 is 6.42. The van der Waals surface area contributed by atoms with E-state index in [1.807, 2.05) is 13.0 Å². The molecule has 0 aliphatic heterocycles. The lowest BCUT2D eigenvalue weighted by Crippen LogP contribution is -2.14. The molecule has 2 rings (SSSR count). The SMILES string of the molecule is CCCOc1ccc(Br)cc1C(=O)Nc1cccc(C(C)=O)c1. The van der Waals surface area contributed by atoms with Crippen molar-refractivity contribution in [3.63, 3.8) is 0 Å². The minimum absolute atomic E-state index is 0.0458. The zero-order valence-electron chi connectivity index (χ0n) is 13.1. The number of carbonyl (C=O) groups is 2. The van der Waals surface area contributed by atoms with Crippen LogP contribution in [0.15, 0.2) is 46.9 Å². The molecular formula is C18H18BrNO3. The van der Waals surface area contributed by atoms with Crippen LogP contribution < -0.4 is 10.1 Å². The van der Waals surface area contributed by atoms with Gasteiger partial charge in [-0.2, -0.15) is 0 Å². The summed E-state index contributed by atoms with van der Waals surface area (Å²) in [5.41, 5.74) is 1.57. The summed E-state index contributed by atoms with van der Waals surface area (Å²) in [6, 6.07) is 12.2. The summed E-state index contributed by atoms with van der Waals surface area (Å²) in [6.45, 7) is 4.04. The van der Waals surface area contributed by atoms with E-state index >= 15 is 0 Å². The molecule has 0 radical (unpaired) electrons. The number of carbonyl (C=O) groups excluding carboxylic acids is 2. The Hall–Kier alpha value is -2.14. The maximum atomic E-state index is 12.5. The van der Waals surface area contributed by atoms with Gasteiger partial charge in [0.2, 0.25) is 0 Å². The first-order valence-electron chi connectivity index (χ1n) is 7.36. The largest absolute Gasteiger partial charge is 0.493 e. The molecule has 0 atom stereocenters. The first-order valence-corrected chi connectivity index (χ1v) is 8.15. The molecule has 0 unspecified atom stereocenters. The van der Waals surface area contributed by atoms with Gasteiger partial charge in [-0.3, -0.25) is 9.59 Å². The molecule has 1 N–H and O–H groups in total. The Morgan fingerprint density at radius 2 is 1.96 bits per heavy atom.